The summed E-state index contributed by atoms with van der Waals surface area (Å²) in [5.74, 6) is 1.48. The van der Waals surface area contributed by atoms with E-state index in [0.717, 1.165) is 24.3 Å². The summed E-state index contributed by atoms with van der Waals surface area (Å²) in [5.41, 5.74) is 0.740. The lowest BCUT2D eigenvalue weighted by atomic mass is 9.77. The van der Waals surface area contributed by atoms with E-state index in [1.807, 2.05) is 6.92 Å². The van der Waals surface area contributed by atoms with E-state index in [0.29, 0.717) is 11.7 Å². The zero-order valence-corrected chi connectivity index (χ0v) is 9.51. The molecule has 1 rings (SSSR count). The van der Waals surface area contributed by atoms with Gasteiger partial charge in [0.2, 0.25) is 0 Å². The van der Waals surface area contributed by atoms with Gasteiger partial charge in [-0.2, -0.15) is 0 Å². The summed E-state index contributed by atoms with van der Waals surface area (Å²) in [6.45, 7) is 7.81. The Morgan fingerprint density at radius 2 is 1.86 bits per heavy atom. The number of allylic oxidation sites excluding steroid dienone is 1. The maximum absolute atomic E-state index is 11.7. The van der Waals surface area contributed by atoms with E-state index in [4.69, 9.17) is 0 Å². The van der Waals surface area contributed by atoms with Crippen molar-refractivity contribution in [2.24, 2.45) is 11.8 Å². The molecular formula is C13H22O. The molecule has 1 aliphatic rings. The van der Waals surface area contributed by atoms with Gasteiger partial charge in [-0.05, 0) is 44.1 Å². The van der Waals surface area contributed by atoms with E-state index in [-0.39, 0.29) is 0 Å². The Balaban J connectivity index is 2.35. The monoisotopic (exact) mass is 194 g/mol. The third kappa shape index (κ3) is 2.97. The van der Waals surface area contributed by atoms with Gasteiger partial charge in [-0.3, -0.25) is 4.79 Å². The molecule has 0 radical (unpaired) electrons. The van der Waals surface area contributed by atoms with Gasteiger partial charge in [-0.25, -0.2) is 0 Å². The molecule has 1 saturated carbocycles. The van der Waals surface area contributed by atoms with E-state index in [2.05, 4.69) is 13.5 Å². The molecule has 80 valence electrons. The van der Waals surface area contributed by atoms with Gasteiger partial charge < -0.3 is 0 Å². The Morgan fingerprint density at radius 1 is 1.29 bits per heavy atom. The molecule has 1 fully saturated rings. The van der Waals surface area contributed by atoms with Crippen LogP contribution in [0, 0.1) is 11.8 Å². The van der Waals surface area contributed by atoms with Crippen LogP contribution in [0.2, 0.25) is 0 Å². The first-order valence-electron chi connectivity index (χ1n) is 5.84. The van der Waals surface area contributed by atoms with Gasteiger partial charge in [0.15, 0.2) is 5.78 Å². The topological polar surface area (TPSA) is 17.1 Å². The normalized spacial score (nSPS) is 27.3. The van der Waals surface area contributed by atoms with Crippen molar-refractivity contribution in [1.29, 1.82) is 0 Å². The summed E-state index contributed by atoms with van der Waals surface area (Å²) in [5, 5.41) is 0. The fourth-order valence-corrected chi connectivity index (χ4v) is 2.47. The Morgan fingerprint density at radius 3 is 2.29 bits per heavy atom. The molecule has 0 aliphatic heterocycles. The zero-order valence-electron chi connectivity index (χ0n) is 9.51. The fourth-order valence-electron chi connectivity index (χ4n) is 2.47. The Labute approximate surface area is 87.6 Å². The lowest BCUT2D eigenvalue weighted by molar-refractivity contribution is -0.120. The van der Waals surface area contributed by atoms with Crippen molar-refractivity contribution in [2.75, 3.05) is 0 Å². The number of carbonyl (C=O) groups is 1. The minimum atomic E-state index is 0.292. The summed E-state index contributed by atoms with van der Waals surface area (Å²) >= 11 is 0. The minimum absolute atomic E-state index is 0.292. The third-order valence-corrected chi connectivity index (χ3v) is 3.34. The van der Waals surface area contributed by atoms with Crippen molar-refractivity contribution in [3.63, 3.8) is 0 Å². The number of hydrogen-bond donors (Lipinski definition) is 0. The molecule has 0 aromatic heterocycles. The standard InChI is InChI=1S/C13H22O/c1-4-5-11-6-8-12(9-7-11)13(14)10(2)3/h11-12H,2,4-9H2,1,3H3. The predicted octanol–water partition coefficient (Wildman–Crippen LogP) is 3.74. The van der Waals surface area contributed by atoms with E-state index in [9.17, 15) is 4.79 Å². The molecule has 0 amide bonds. The van der Waals surface area contributed by atoms with Crippen LogP contribution in [0.1, 0.15) is 52.4 Å². The van der Waals surface area contributed by atoms with Crippen molar-refractivity contribution in [3.8, 4) is 0 Å². The average molecular weight is 194 g/mol. The van der Waals surface area contributed by atoms with Gasteiger partial charge in [-0.1, -0.05) is 26.3 Å². The lowest BCUT2D eigenvalue weighted by Gasteiger charge is -2.27. The van der Waals surface area contributed by atoms with Gasteiger partial charge in [0, 0.05) is 5.92 Å². The van der Waals surface area contributed by atoms with E-state index >= 15 is 0 Å². The second-order valence-electron chi connectivity index (χ2n) is 4.65. The second-order valence-corrected chi connectivity index (χ2v) is 4.65. The summed E-state index contributed by atoms with van der Waals surface area (Å²) in [6, 6.07) is 0. The van der Waals surface area contributed by atoms with Crippen LogP contribution in [0.5, 0.6) is 0 Å². The molecule has 0 heterocycles. The zero-order chi connectivity index (χ0) is 10.6. The first-order valence-corrected chi connectivity index (χ1v) is 5.84. The molecule has 0 N–H and O–H groups in total. The average Bonchev–Trinajstić information content (AvgIpc) is 2.18. The van der Waals surface area contributed by atoms with Crippen LogP contribution in [0.15, 0.2) is 12.2 Å². The summed E-state index contributed by atoms with van der Waals surface area (Å²) in [7, 11) is 0. The van der Waals surface area contributed by atoms with Gasteiger partial charge in [0.1, 0.15) is 0 Å². The first kappa shape index (κ1) is 11.5. The van der Waals surface area contributed by atoms with Crippen molar-refractivity contribution in [2.45, 2.75) is 52.4 Å². The van der Waals surface area contributed by atoms with E-state index < -0.39 is 0 Å². The minimum Gasteiger partial charge on any atom is -0.294 e. The molecule has 0 unspecified atom stereocenters. The van der Waals surface area contributed by atoms with Gasteiger partial charge in [0.25, 0.3) is 0 Å². The van der Waals surface area contributed by atoms with Crippen molar-refractivity contribution in [1.82, 2.24) is 0 Å². The van der Waals surface area contributed by atoms with Gasteiger partial charge in [0.05, 0.1) is 0 Å². The molecule has 0 aromatic rings. The highest BCUT2D eigenvalue weighted by Gasteiger charge is 2.25. The third-order valence-electron chi connectivity index (χ3n) is 3.34. The molecule has 0 atom stereocenters. The van der Waals surface area contributed by atoms with Crippen molar-refractivity contribution in [3.05, 3.63) is 12.2 Å². The molecular weight excluding hydrogens is 172 g/mol. The molecule has 1 heteroatoms. The predicted molar refractivity (Wildman–Crippen MR) is 60.2 cm³/mol. The Kier molecular flexibility index (Phi) is 4.37. The molecule has 1 aliphatic carbocycles. The summed E-state index contributed by atoms with van der Waals surface area (Å²) in [4.78, 5) is 11.7. The maximum atomic E-state index is 11.7. The van der Waals surface area contributed by atoms with Gasteiger partial charge in [-0.15, -0.1) is 0 Å². The van der Waals surface area contributed by atoms with Crippen LogP contribution in [0.3, 0.4) is 0 Å². The molecule has 0 spiro atoms. The van der Waals surface area contributed by atoms with Crippen LogP contribution >= 0.6 is 0 Å². The SMILES string of the molecule is C=C(C)C(=O)C1CCC(CCC)CC1. The Bertz CT molecular complexity index is 209. The van der Waals surface area contributed by atoms with Crippen LogP contribution in [-0.4, -0.2) is 5.78 Å². The van der Waals surface area contributed by atoms with Crippen molar-refractivity contribution < 1.29 is 4.79 Å². The highest BCUT2D eigenvalue weighted by atomic mass is 16.1. The quantitative estimate of drug-likeness (QED) is 0.623. The lowest BCUT2D eigenvalue weighted by Crippen LogP contribution is -2.22. The second kappa shape index (κ2) is 5.33. The molecule has 0 bridgehead atoms. The van der Waals surface area contributed by atoms with Gasteiger partial charge >= 0.3 is 0 Å². The molecule has 1 nitrogen and oxygen atoms in total. The van der Waals surface area contributed by atoms with Crippen LogP contribution in [-0.2, 0) is 4.79 Å². The number of rotatable bonds is 4. The smallest absolute Gasteiger partial charge is 0.161 e. The first-order chi connectivity index (χ1) is 6.65. The number of ketones is 1. The fraction of sp³-hybridized carbons (Fsp3) is 0.769. The number of carbonyl (C=O) groups excluding carboxylic acids is 1. The maximum Gasteiger partial charge on any atom is 0.161 e. The van der Waals surface area contributed by atoms with E-state index in [1.54, 1.807) is 0 Å². The highest BCUT2D eigenvalue weighted by molar-refractivity contribution is 5.96. The largest absolute Gasteiger partial charge is 0.294 e. The molecule has 0 saturated heterocycles. The van der Waals surface area contributed by atoms with Crippen molar-refractivity contribution >= 4 is 5.78 Å². The van der Waals surface area contributed by atoms with Crippen LogP contribution < -0.4 is 0 Å². The number of Topliss-reactive ketones (excluding diaryl/α,β-unsaturated/α-hetero) is 1. The molecule has 0 aromatic carbocycles. The summed E-state index contributed by atoms with van der Waals surface area (Å²) < 4.78 is 0. The van der Waals surface area contributed by atoms with Crippen LogP contribution in [0.25, 0.3) is 0 Å². The number of hydrogen-bond acceptors (Lipinski definition) is 1. The van der Waals surface area contributed by atoms with Crippen LogP contribution in [0.4, 0.5) is 0 Å². The molecule has 14 heavy (non-hydrogen) atoms. The summed E-state index contributed by atoms with van der Waals surface area (Å²) in [6.07, 6.45) is 7.31. The highest BCUT2D eigenvalue weighted by Crippen LogP contribution is 2.32. The van der Waals surface area contributed by atoms with E-state index in [1.165, 1.54) is 25.7 Å². The Hall–Kier alpha value is -0.590.